The number of carbonyl (C=O) groups is 2. The molecular weight excluding hydrogens is 305 g/mol. The first kappa shape index (κ1) is 16.1. The number of carboxylic acid groups (broad SMARTS) is 1. The van der Waals surface area contributed by atoms with Gasteiger partial charge in [0.1, 0.15) is 11.9 Å². The first-order valence-corrected chi connectivity index (χ1v) is 6.59. The Kier molecular flexibility index (Phi) is 5.03. The molecule has 1 aromatic carbocycles. The third-order valence-electron chi connectivity index (χ3n) is 2.78. The second-order valence-electron chi connectivity index (χ2n) is 4.55. The molecule has 0 unspecified atom stereocenters. The van der Waals surface area contributed by atoms with Gasteiger partial charge in [0.05, 0.1) is 11.4 Å². The van der Waals surface area contributed by atoms with Gasteiger partial charge in [0.15, 0.2) is 0 Å². The second kappa shape index (κ2) is 7.16. The van der Waals surface area contributed by atoms with Crippen LogP contribution in [0, 0.1) is 5.82 Å². The molecule has 1 aromatic heterocycles. The Morgan fingerprint density at radius 2 is 1.91 bits per heavy atom. The van der Waals surface area contributed by atoms with Gasteiger partial charge in [0, 0.05) is 12.4 Å². The zero-order chi connectivity index (χ0) is 16.8. The van der Waals surface area contributed by atoms with Crippen LogP contribution in [0.3, 0.4) is 0 Å². The smallest absolute Gasteiger partial charge is 0.405 e. The van der Waals surface area contributed by atoms with Crippen LogP contribution < -0.4 is 16.0 Å². The molecule has 0 bridgehead atoms. The lowest BCUT2D eigenvalue weighted by molar-refractivity contribution is -0.117. The Balaban J connectivity index is 2.18. The van der Waals surface area contributed by atoms with Gasteiger partial charge in [-0.2, -0.15) is 0 Å². The highest BCUT2D eigenvalue weighted by Gasteiger charge is 2.17. The highest BCUT2D eigenvalue weighted by atomic mass is 19.1. The van der Waals surface area contributed by atoms with Crippen molar-refractivity contribution in [2.75, 3.05) is 10.6 Å². The van der Waals surface area contributed by atoms with Crippen LogP contribution in [0.1, 0.15) is 6.92 Å². The van der Waals surface area contributed by atoms with Crippen LogP contribution in [0.15, 0.2) is 36.7 Å². The number of nitrogens with one attached hydrogen (secondary N) is 3. The molecule has 9 heteroatoms. The van der Waals surface area contributed by atoms with E-state index in [0.717, 1.165) is 0 Å². The highest BCUT2D eigenvalue weighted by molar-refractivity contribution is 5.98. The number of halogens is 1. The molecule has 2 aromatic rings. The Bertz CT molecular complexity index is 711. The molecule has 2 rings (SSSR count). The first-order valence-electron chi connectivity index (χ1n) is 6.59. The third kappa shape index (κ3) is 4.63. The zero-order valence-corrected chi connectivity index (χ0v) is 12.1. The van der Waals surface area contributed by atoms with Crippen molar-refractivity contribution in [2.24, 2.45) is 0 Å². The van der Waals surface area contributed by atoms with E-state index in [4.69, 9.17) is 5.11 Å². The van der Waals surface area contributed by atoms with Crippen molar-refractivity contribution in [1.82, 2.24) is 15.3 Å². The predicted molar refractivity (Wildman–Crippen MR) is 81.0 cm³/mol. The second-order valence-corrected chi connectivity index (χ2v) is 4.55. The maximum atomic E-state index is 13.4. The van der Waals surface area contributed by atoms with Gasteiger partial charge in [-0.1, -0.05) is 0 Å². The van der Waals surface area contributed by atoms with E-state index in [0.29, 0.717) is 0 Å². The molecule has 0 saturated carbocycles. The number of anilines is 3. The molecule has 1 atom stereocenters. The van der Waals surface area contributed by atoms with Crippen LogP contribution in [0.5, 0.6) is 0 Å². The van der Waals surface area contributed by atoms with Gasteiger partial charge in [0.2, 0.25) is 11.9 Å². The Morgan fingerprint density at radius 1 is 1.22 bits per heavy atom. The number of nitrogens with zero attached hydrogens (tertiary/aromatic N) is 2. The van der Waals surface area contributed by atoms with Crippen LogP contribution >= 0.6 is 0 Å². The van der Waals surface area contributed by atoms with Crippen LogP contribution in [-0.4, -0.2) is 33.1 Å². The quantitative estimate of drug-likeness (QED) is 0.669. The lowest BCUT2D eigenvalue weighted by atomic mass is 10.2. The summed E-state index contributed by atoms with van der Waals surface area (Å²) < 4.78 is 13.4. The molecule has 0 spiro atoms. The third-order valence-corrected chi connectivity index (χ3v) is 2.78. The summed E-state index contributed by atoms with van der Waals surface area (Å²) in [5.74, 6) is -0.875. The average Bonchev–Trinajstić information content (AvgIpc) is 2.50. The van der Waals surface area contributed by atoms with Crippen LogP contribution in [-0.2, 0) is 4.79 Å². The lowest BCUT2D eigenvalue weighted by Crippen LogP contribution is -2.40. The highest BCUT2D eigenvalue weighted by Crippen LogP contribution is 2.25. The number of hydrogen-bond acceptors (Lipinski definition) is 5. The van der Waals surface area contributed by atoms with Crippen molar-refractivity contribution in [1.29, 1.82) is 0 Å². The Labute approximate surface area is 130 Å². The average molecular weight is 319 g/mol. The minimum absolute atomic E-state index is 0.227. The Hall–Kier alpha value is -3.23. The van der Waals surface area contributed by atoms with Crippen molar-refractivity contribution >= 4 is 29.3 Å². The molecule has 23 heavy (non-hydrogen) atoms. The molecular formula is C14H14FN5O3. The lowest BCUT2D eigenvalue weighted by Gasteiger charge is -2.15. The fraction of sp³-hybridized carbons (Fsp3) is 0.143. The minimum Gasteiger partial charge on any atom is -0.465 e. The normalized spacial score (nSPS) is 11.4. The van der Waals surface area contributed by atoms with Crippen molar-refractivity contribution in [3.8, 4) is 0 Å². The number of aromatic nitrogens is 2. The van der Waals surface area contributed by atoms with E-state index in [-0.39, 0.29) is 17.3 Å². The zero-order valence-electron chi connectivity index (χ0n) is 12.1. The molecule has 0 aliphatic heterocycles. The fourth-order valence-corrected chi connectivity index (χ4v) is 1.70. The number of amides is 2. The van der Waals surface area contributed by atoms with Crippen LogP contribution in [0.25, 0.3) is 0 Å². The molecule has 0 aliphatic carbocycles. The summed E-state index contributed by atoms with van der Waals surface area (Å²) in [4.78, 5) is 30.4. The molecule has 8 nitrogen and oxygen atoms in total. The van der Waals surface area contributed by atoms with Gasteiger partial charge < -0.3 is 21.1 Å². The summed E-state index contributed by atoms with van der Waals surface area (Å²) in [5, 5.41) is 15.9. The van der Waals surface area contributed by atoms with Gasteiger partial charge in [-0.15, -0.1) is 0 Å². The van der Waals surface area contributed by atoms with Crippen LogP contribution in [0.4, 0.5) is 26.5 Å². The maximum absolute atomic E-state index is 13.4. The summed E-state index contributed by atoms with van der Waals surface area (Å²) in [6.45, 7) is 1.39. The first-order chi connectivity index (χ1) is 11.0. The molecule has 0 fully saturated rings. The summed E-state index contributed by atoms with van der Waals surface area (Å²) >= 11 is 0. The van der Waals surface area contributed by atoms with Crippen molar-refractivity contribution < 1.29 is 19.1 Å². The summed E-state index contributed by atoms with van der Waals surface area (Å²) in [5.41, 5.74) is 0.509. The van der Waals surface area contributed by atoms with E-state index in [1.54, 1.807) is 6.07 Å². The Morgan fingerprint density at radius 3 is 2.57 bits per heavy atom. The van der Waals surface area contributed by atoms with E-state index in [9.17, 15) is 14.0 Å². The van der Waals surface area contributed by atoms with Gasteiger partial charge in [-0.25, -0.2) is 19.2 Å². The molecule has 0 saturated heterocycles. The van der Waals surface area contributed by atoms with Gasteiger partial charge >= 0.3 is 6.09 Å². The number of rotatable bonds is 5. The van der Waals surface area contributed by atoms with Crippen molar-refractivity contribution in [2.45, 2.75) is 13.0 Å². The SMILES string of the molecule is C[C@H](NC(=O)O)C(=O)Nc1ccc(F)cc1Nc1ncccn1. The molecule has 0 radical (unpaired) electrons. The number of hydrogen-bond donors (Lipinski definition) is 4. The molecule has 0 aliphatic rings. The van der Waals surface area contributed by atoms with E-state index >= 15 is 0 Å². The summed E-state index contributed by atoms with van der Waals surface area (Å²) in [7, 11) is 0. The number of carbonyl (C=O) groups excluding carboxylic acids is 1. The van der Waals surface area contributed by atoms with Crippen LogP contribution in [0.2, 0.25) is 0 Å². The van der Waals surface area contributed by atoms with Gasteiger partial charge in [0.25, 0.3) is 0 Å². The van der Waals surface area contributed by atoms with E-state index in [2.05, 4.69) is 20.6 Å². The van der Waals surface area contributed by atoms with Gasteiger partial charge in [-0.3, -0.25) is 4.79 Å². The largest absolute Gasteiger partial charge is 0.465 e. The van der Waals surface area contributed by atoms with E-state index in [1.807, 2.05) is 5.32 Å². The maximum Gasteiger partial charge on any atom is 0.405 e. The van der Waals surface area contributed by atoms with Gasteiger partial charge in [-0.05, 0) is 31.2 Å². The summed E-state index contributed by atoms with van der Waals surface area (Å²) in [6, 6.07) is 4.34. The number of benzene rings is 1. The van der Waals surface area contributed by atoms with E-state index < -0.39 is 23.9 Å². The fourth-order valence-electron chi connectivity index (χ4n) is 1.70. The standard InChI is InChI=1S/C14H14FN5O3/c1-8(18-14(22)23)12(21)19-10-4-3-9(15)7-11(10)20-13-16-5-2-6-17-13/h2-8,18H,1H3,(H,19,21)(H,22,23)(H,16,17,20)/t8-/m0/s1. The minimum atomic E-state index is -1.32. The predicted octanol–water partition coefficient (Wildman–Crippen LogP) is 1.95. The molecule has 2 amide bonds. The topological polar surface area (TPSA) is 116 Å². The molecule has 1 heterocycles. The monoisotopic (exact) mass is 319 g/mol. The summed E-state index contributed by atoms with van der Waals surface area (Å²) in [6.07, 6.45) is 1.69. The molecule has 4 N–H and O–H groups in total. The van der Waals surface area contributed by atoms with E-state index in [1.165, 1.54) is 37.5 Å². The van der Waals surface area contributed by atoms with Crippen molar-refractivity contribution in [3.63, 3.8) is 0 Å². The van der Waals surface area contributed by atoms with Crippen molar-refractivity contribution in [3.05, 3.63) is 42.5 Å². The molecule has 120 valence electrons.